The van der Waals surface area contributed by atoms with Gasteiger partial charge in [0, 0.05) is 6.20 Å². The molecule has 0 aliphatic heterocycles. The van der Waals surface area contributed by atoms with Gasteiger partial charge < -0.3 is 14.2 Å². The summed E-state index contributed by atoms with van der Waals surface area (Å²) in [5, 5.41) is 9.90. The van der Waals surface area contributed by atoms with Crippen molar-refractivity contribution in [1.29, 1.82) is 5.26 Å². The molecule has 0 saturated heterocycles. The number of aromatic nitrogens is 2. The third-order valence-corrected chi connectivity index (χ3v) is 3.85. The van der Waals surface area contributed by atoms with Gasteiger partial charge in [0.15, 0.2) is 11.8 Å². The molecule has 3 aromatic rings. The molecule has 2 heterocycles. The fraction of sp³-hybridized carbons (Fsp3) is 0.211. The van der Waals surface area contributed by atoms with E-state index in [4.69, 9.17) is 25.8 Å². The van der Waals surface area contributed by atoms with Crippen LogP contribution < -0.4 is 9.47 Å². The number of benzene rings is 1. The summed E-state index contributed by atoms with van der Waals surface area (Å²) in [5.74, 6) is 0.704. The van der Waals surface area contributed by atoms with E-state index in [0.29, 0.717) is 28.8 Å². The zero-order valence-electron chi connectivity index (χ0n) is 14.7. The first-order valence-electron chi connectivity index (χ1n) is 8.20. The van der Waals surface area contributed by atoms with E-state index in [9.17, 15) is 10.1 Å². The van der Waals surface area contributed by atoms with Gasteiger partial charge in [-0.3, -0.25) is 4.40 Å². The Bertz CT molecular complexity index is 1010. The molecule has 8 heteroatoms. The number of esters is 1. The first-order chi connectivity index (χ1) is 13.0. The molecule has 0 aliphatic carbocycles. The lowest BCUT2D eigenvalue weighted by atomic mass is 10.3. The van der Waals surface area contributed by atoms with E-state index in [0.717, 1.165) is 0 Å². The number of nitriles is 1. The first kappa shape index (κ1) is 18.5. The van der Waals surface area contributed by atoms with Crippen molar-refractivity contribution in [2.75, 3.05) is 6.61 Å². The van der Waals surface area contributed by atoms with Crippen molar-refractivity contribution in [2.24, 2.45) is 0 Å². The van der Waals surface area contributed by atoms with Gasteiger partial charge in [-0.1, -0.05) is 11.6 Å². The predicted molar refractivity (Wildman–Crippen MR) is 98.2 cm³/mol. The number of rotatable bonds is 6. The largest absolute Gasteiger partial charge is 0.479 e. The van der Waals surface area contributed by atoms with Crippen molar-refractivity contribution < 1.29 is 19.0 Å². The Hall–Kier alpha value is -3.24. The Balaban J connectivity index is 1.76. The molecule has 7 nitrogen and oxygen atoms in total. The second-order valence-electron chi connectivity index (χ2n) is 5.54. The molecular formula is C19H16ClN3O4. The van der Waals surface area contributed by atoms with Gasteiger partial charge in [-0.05, 0) is 50.2 Å². The monoisotopic (exact) mass is 385 g/mol. The number of hydrogen-bond donors (Lipinski definition) is 0. The minimum atomic E-state index is -0.718. The van der Waals surface area contributed by atoms with Gasteiger partial charge in [0.25, 0.3) is 5.88 Å². The topological polar surface area (TPSA) is 85.8 Å². The molecule has 138 valence electrons. The number of fused-ring (bicyclic) bond motifs is 1. The maximum absolute atomic E-state index is 11.6. The average molecular weight is 386 g/mol. The summed E-state index contributed by atoms with van der Waals surface area (Å²) >= 11 is 5.97. The molecule has 3 rings (SSSR count). The number of hydrogen-bond acceptors (Lipinski definition) is 6. The summed E-state index contributed by atoms with van der Waals surface area (Å²) in [6, 6.07) is 12.1. The predicted octanol–water partition coefficient (Wildman–Crippen LogP) is 3.98. The normalized spacial score (nSPS) is 11.6. The minimum Gasteiger partial charge on any atom is -0.479 e. The van der Waals surface area contributed by atoms with Crippen molar-refractivity contribution >= 4 is 23.2 Å². The third kappa shape index (κ3) is 4.13. The van der Waals surface area contributed by atoms with E-state index in [1.54, 1.807) is 60.8 Å². The van der Waals surface area contributed by atoms with Crippen molar-refractivity contribution in [3.05, 3.63) is 53.3 Å². The van der Waals surface area contributed by atoms with E-state index in [2.05, 4.69) is 11.1 Å². The fourth-order valence-corrected chi connectivity index (χ4v) is 2.54. The summed E-state index contributed by atoms with van der Waals surface area (Å²) < 4.78 is 17.7. The lowest BCUT2D eigenvalue weighted by Gasteiger charge is -2.13. The van der Waals surface area contributed by atoms with Crippen molar-refractivity contribution in [2.45, 2.75) is 20.0 Å². The highest BCUT2D eigenvalue weighted by Gasteiger charge is 2.17. The van der Waals surface area contributed by atoms with Crippen LogP contribution in [0.2, 0.25) is 5.02 Å². The molecule has 1 aromatic carbocycles. The number of ether oxygens (including phenoxy) is 3. The maximum atomic E-state index is 11.6. The first-order valence-corrected chi connectivity index (χ1v) is 8.58. The van der Waals surface area contributed by atoms with E-state index in [-0.39, 0.29) is 11.6 Å². The fourth-order valence-electron chi connectivity index (χ4n) is 2.38. The number of pyridine rings is 1. The molecular weight excluding hydrogens is 370 g/mol. The van der Waals surface area contributed by atoms with Crippen LogP contribution in [0.4, 0.5) is 0 Å². The number of nitrogens with zero attached hydrogens (tertiary/aromatic N) is 3. The van der Waals surface area contributed by atoms with Crippen LogP contribution in [-0.4, -0.2) is 28.1 Å². The minimum absolute atomic E-state index is 0.174. The summed E-state index contributed by atoms with van der Waals surface area (Å²) in [7, 11) is 0. The van der Waals surface area contributed by atoms with Crippen LogP contribution in [0.1, 0.15) is 19.5 Å². The van der Waals surface area contributed by atoms with Gasteiger partial charge in [-0.2, -0.15) is 10.2 Å². The van der Waals surface area contributed by atoms with Gasteiger partial charge >= 0.3 is 5.97 Å². The van der Waals surface area contributed by atoms with Crippen LogP contribution in [-0.2, 0) is 9.53 Å². The van der Waals surface area contributed by atoms with Crippen LogP contribution in [0.15, 0.2) is 42.6 Å². The Labute approximate surface area is 160 Å². The molecule has 0 radical (unpaired) electrons. The summed E-state index contributed by atoms with van der Waals surface area (Å²) in [5.41, 5.74) is 0.790. The summed E-state index contributed by atoms with van der Waals surface area (Å²) in [4.78, 5) is 15.9. The molecule has 0 spiro atoms. The van der Waals surface area contributed by atoms with Gasteiger partial charge in [-0.25, -0.2) is 4.79 Å². The molecule has 0 bridgehead atoms. The highest BCUT2D eigenvalue weighted by atomic mass is 35.5. The SMILES string of the molecule is CCOC(=O)[C@@H](C)Oc1ccc(Oc2nc3ccc(Cl)cn3c2C#N)cc1. The number of carbonyl (C=O) groups is 1. The number of halogens is 1. The van der Waals surface area contributed by atoms with Crippen LogP contribution in [0, 0.1) is 11.3 Å². The Morgan fingerprint density at radius 3 is 2.63 bits per heavy atom. The van der Waals surface area contributed by atoms with Gasteiger partial charge in [0.05, 0.1) is 11.6 Å². The molecule has 1 atom stereocenters. The van der Waals surface area contributed by atoms with Crippen LogP contribution in [0.5, 0.6) is 17.4 Å². The Kier molecular flexibility index (Phi) is 5.48. The molecule has 0 unspecified atom stereocenters. The van der Waals surface area contributed by atoms with Crippen LogP contribution in [0.3, 0.4) is 0 Å². The molecule has 0 N–H and O–H groups in total. The van der Waals surface area contributed by atoms with E-state index in [1.807, 2.05) is 0 Å². The molecule has 0 fully saturated rings. The highest BCUT2D eigenvalue weighted by molar-refractivity contribution is 6.30. The molecule has 0 amide bonds. The van der Waals surface area contributed by atoms with Gasteiger partial charge in [0.1, 0.15) is 23.2 Å². The number of carbonyl (C=O) groups excluding carboxylic acids is 1. The van der Waals surface area contributed by atoms with Crippen LogP contribution >= 0.6 is 11.6 Å². The molecule has 27 heavy (non-hydrogen) atoms. The summed E-state index contributed by atoms with van der Waals surface area (Å²) in [6.45, 7) is 3.65. The number of imidazole rings is 1. The van der Waals surface area contributed by atoms with Crippen molar-refractivity contribution in [1.82, 2.24) is 9.38 Å². The Morgan fingerprint density at radius 1 is 1.26 bits per heavy atom. The van der Waals surface area contributed by atoms with Crippen molar-refractivity contribution in [3.8, 4) is 23.4 Å². The average Bonchev–Trinajstić information content (AvgIpc) is 2.99. The highest BCUT2D eigenvalue weighted by Crippen LogP contribution is 2.28. The molecule has 2 aromatic heterocycles. The van der Waals surface area contributed by atoms with E-state index < -0.39 is 12.1 Å². The van der Waals surface area contributed by atoms with Gasteiger partial charge in [0.2, 0.25) is 0 Å². The van der Waals surface area contributed by atoms with Crippen molar-refractivity contribution in [3.63, 3.8) is 0 Å². The second-order valence-corrected chi connectivity index (χ2v) is 5.97. The van der Waals surface area contributed by atoms with E-state index in [1.165, 1.54) is 0 Å². The lowest BCUT2D eigenvalue weighted by molar-refractivity contribution is -0.150. The molecule has 0 saturated carbocycles. The quantitative estimate of drug-likeness (QED) is 0.596. The van der Waals surface area contributed by atoms with Crippen LogP contribution in [0.25, 0.3) is 5.65 Å². The third-order valence-electron chi connectivity index (χ3n) is 3.63. The van der Waals surface area contributed by atoms with Gasteiger partial charge in [-0.15, -0.1) is 0 Å². The Morgan fingerprint density at radius 2 is 1.96 bits per heavy atom. The van der Waals surface area contributed by atoms with E-state index >= 15 is 0 Å². The smallest absolute Gasteiger partial charge is 0.347 e. The summed E-state index contributed by atoms with van der Waals surface area (Å²) in [6.07, 6.45) is 0.883. The standard InChI is InChI=1S/C19H16ClN3O4/c1-3-25-19(24)12(2)26-14-5-7-15(8-6-14)27-18-16(10-21)23-11-13(20)4-9-17(23)22-18/h4-9,11-12H,3H2,1-2H3/t12-/m1/s1. The molecule has 0 aliphatic rings. The zero-order chi connectivity index (χ0) is 19.4. The zero-order valence-corrected chi connectivity index (χ0v) is 15.4. The lowest BCUT2D eigenvalue weighted by Crippen LogP contribution is -2.25. The maximum Gasteiger partial charge on any atom is 0.347 e. The second kappa shape index (κ2) is 7.98.